The summed E-state index contributed by atoms with van der Waals surface area (Å²) in [6.45, 7) is 1.59. The number of hydrogen-bond donors (Lipinski definition) is 1. The summed E-state index contributed by atoms with van der Waals surface area (Å²) in [5.41, 5.74) is 0.324. The van der Waals surface area contributed by atoms with Crippen LogP contribution >= 0.6 is 23.2 Å². The molecular weight excluding hydrogens is 417 g/mol. The van der Waals surface area contributed by atoms with E-state index in [1.165, 1.54) is 13.0 Å². The van der Waals surface area contributed by atoms with Gasteiger partial charge in [-0.2, -0.15) is 0 Å². The molecule has 150 valence electrons. The van der Waals surface area contributed by atoms with Crippen molar-refractivity contribution in [2.75, 3.05) is 5.32 Å². The van der Waals surface area contributed by atoms with Gasteiger partial charge < -0.3 is 19.2 Å². The average Bonchev–Trinajstić information content (AvgIpc) is 3.20. The molecule has 0 bridgehead atoms. The smallest absolute Gasteiger partial charge is 0.375 e. The van der Waals surface area contributed by atoms with E-state index in [1.54, 1.807) is 24.3 Å². The van der Waals surface area contributed by atoms with Crippen LogP contribution < -0.4 is 10.1 Å². The third-order valence-corrected chi connectivity index (χ3v) is 4.67. The highest BCUT2D eigenvalue weighted by atomic mass is 35.5. The summed E-state index contributed by atoms with van der Waals surface area (Å²) < 4.78 is 16.1. The molecule has 0 aliphatic rings. The number of hydrogen-bond acceptors (Lipinski definition) is 5. The maximum absolute atomic E-state index is 12.3. The molecule has 6 nitrogen and oxygen atoms in total. The number of nitrogens with one attached hydrogen (secondary N) is 1. The first-order chi connectivity index (χ1) is 13.9. The van der Waals surface area contributed by atoms with Crippen LogP contribution in [0, 0.1) is 0 Å². The van der Waals surface area contributed by atoms with Gasteiger partial charge in [-0.3, -0.25) is 4.79 Å². The minimum atomic E-state index is -1.08. The first kappa shape index (κ1) is 20.8. The zero-order valence-electron chi connectivity index (χ0n) is 15.4. The van der Waals surface area contributed by atoms with Crippen molar-refractivity contribution in [1.82, 2.24) is 0 Å². The molecule has 8 heteroatoms. The van der Waals surface area contributed by atoms with Crippen LogP contribution in [0.25, 0.3) is 0 Å². The summed E-state index contributed by atoms with van der Waals surface area (Å²) in [7, 11) is 0. The van der Waals surface area contributed by atoms with Crippen molar-refractivity contribution in [3.05, 3.63) is 82.2 Å². The molecule has 29 heavy (non-hydrogen) atoms. The van der Waals surface area contributed by atoms with Crippen LogP contribution in [-0.4, -0.2) is 18.0 Å². The Labute approximate surface area is 177 Å². The summed E-state index contributed by atoms with van der Waals surface area (Å²) in [5.74, 6) is -0.226. The van der Waals surface area contributed by atoms with E-state index in [1.807, 2.05) is 30.3 Å². The Morgan fingerprint density at radius 2 is 1.79 bits per heavy atom. The van der Waals surface area contributed by atoms with Gasteiger partial charge in [0.15, 0.2) is 6.10 Å². The third-order valence-electron chi connectivity index (χ3n) is 3.85. The number of anilines is 1. The quantitative estimate of drug-likeness (QED) is 0.508. The topological polar surface area (TPSA) is 77.8 Å². The highest BCUT2D eigenvalue weighted by Gasteiger charge is 2.22. The van der Waals surface area contributed by atoms with Crippen molar-refractivity contribution in [1.29, 1.82) is 0 Å². The molecule has 0 fully saturated rings. The molecule has 0 aliphatic heterocycles. The number of para-hydroxylation sites is 1. The van der Waals surface area contributed by atoms with E-state index in [9.17, 15) is 9.59 Å². The largest absolute Gasteiger partial charge is 0.486 e. The number of esters is 1. The van der Waals surface area contributed by atoms with Crippen LogP contribution in [0.3, 0.4) is 0 Å². The van der Waals surface area contributed by atoms with Gasteiger partial charge in [-0.05, 0) is 43.3 Å². The van der Waals surface area contributed by atoms with E-state index in [4.69, 9.17) is 37.1 Å². The molecule has 1 aromatic heterocycles. The molecule has 1 heterocycles. The van der Waals surface area contributed by atoms with Crippen molar-refractivity contribution in [3.8, 4) is 5.75 Å². The van der Waals surface area contributed by atoms with Gasteiger partial charge in [-0.25, -0.2) is 4.79 Å². The molecule has 1 atom stereocenters. The molecule has 1 amide bonds. The van der Waals surface area contributed by atoms with Gasteiger partial charge in [0.05, 0.1) is 15.7 Å². The Hall–Kier alpha value is -2.96. The van der Waals surface area contributed by atoms with E-state index in [0.717, 1.165) is 0 Å². The molecular formula is C21H17Cl2NO5. The van der Waals surface area contributed by atoms with E-state index < -0.39 is 18.0 Å². The van der Waals surface area contributed by atoms with Crippen molar-refractivity contribution in [2.24, 2.45) is 0 Å². The summed E-state index contributed by atoms with van der Waals surface area (Å²) >= 11 is 12.0. The molecule has 3 aromatic rings. The first-order valence-corrected chi connectivity index (χ1v) is 9.42. The fraction of sp³-hybridized carbons (Fsp3) is 0.143. The van der Waals surface area contributed by atoms with Gasteiger partial charge >= 0.3 is 5.97 Å². The molecule has 1 N–H and O–H groups in total. The van der Waals surface area contributed by atoms with E-state index >= 15 is 0 Å². The second kappa shape index (κ2) is 9.49. The van der Waals surface area contributed by atoms with Crippen molar-refractivity contribution < 1.29 is 23.5 Å². The van der Waals surface area contributed by atoms with Gasteiger partial charge in [-0.15, -0.1) is 0 Å². The predicted octanol–water partition coefficient (Wildman–Crippen LogP) is 5.35. The Bertz CT molecular complexity index is 1000. The fourth-order valence-electron chi connectivity index (χ4n) is 2.34. The number of carbonyl (C=O) groups excluding carboxylic acids is 2. The zero-order chi connectivity index (χ0) is 20.8. The van der Waals surface area contributed by atoms with Gasteiger partial charge in [0.1, 0.15) is 18.1 Å². The lowest BCUT2D eigenvalue weighted by atomic mass is 10.3. The maximum Gasteiger partial charge on any atom is 0.375 e. The fourth-order valence-corrected chi connectivity index (χ4v) is 2.69. The number of halogens is 2. The number of carbonyl (C=O) groups is 2. The number of ether oxygens (including phenoxy) is 2. The standard InChI is InChI=1S/C21H17Cl2NO5/c1-13(20(25)24-17-9-5-8-16(22)19(17)23)28-21(26)18-11-10-15(29-18)12-27-14-6-3-2-4-7-14/h2-11,13H,12H2,1H3,(H,24,25). The van der Waals surface area contributed by atoms with E-state index in [0.29, 0.717) is 22.2 Å². The first-order valence-electron chi connectivity index (χ1n) is 8.66. The van der Waals surface area contributed by atoms with Crippen LogP contribution in [-0.2, 0) is 16.1 Å². The Kier molecular flexibility index (Phi) is 6.80. The van der Waals surface area contributed by atoms with Crippen molar-refractivity contribution in [2.45, 2.75) is 19.6 Å². The molecule has 2 aromatic carbocycles. The number of furan rings is 1. The van der Waals surface area contributed by atoms with Gasteiger partial charge in [-0.1, -0.05) is 47.5 Å². The van der Waals surface area contributed by atoms with E-state index in [-0.39, 0.29) is 17.4 Å². The molecule has 0 spiro atoms. The minimum Gasteiger partial charge on any atom is -0.486 e. The summed E-state index contributed by atoms with van der Waals surface area (Å²) in [6, 6.07) is 17.1. The number of rotatable bonds is 7. The second-order valence-electron chi connectivity index (χ2n) is 6.01. The summed E-state index contributed by atoms with van der Waals surface area (Å²) in [4.78, 5) is 24.5. The van der Waals surface area contributed by atoms with Crippen LogP contribution in [0.1, 0.15) is 23.2 Å². The van der Waals surface area contributed by atoms with Gasteiger partial charge in [0.2, 0.25) is 5.76 Å². The lowest BCUT2D eigenvalue weighted by Crippen LogP contribution is -2.30. The SMILES string of the molecule is CC(OC(=O)c1ccc(COc2ccccc2)o1)C(=O)Nc1cccc(Cl)c1Cl. The normalized spacial score (nSPS) is 11.6. The molecule has 0 saturated carbocycles. The van der Waals surface area contributed by atoms with E-state index in [2.05, 4.69) is 5.32 Å². The Balaban J connectivity index is 1.54. The van der Waals surface area contributed by atoms with Crippen LogP contribution in [0.2, 0.25) is 10.0 Å². The maximum atomic E-state index is 12.3. The van der Waals surface area contributed by atoms with Crippen LogP contribution in [0.4, 0.5) is 5.69 Å². The highest BCUT2D eigenvalue weighted by Crippen LogP contribution is 2.29. The average molecular weight is 434 g/mol. The second-order valence-corrected chi connectivity index (χ2v) is 6.79. The van der Waals surface area contributed by atoms with Gasteiger partial charge in [0, 0.05) is 0 Å². The van der Waals surface area contributed by atoms with Crippen LogP contribution in [0.15, 0.2) is 65.1 Å². The molecule has 0 radical (unpaired) electrons. The lowest BCUT2D eigenvalue weighted by molar-refractivity contribution is -0.123. The summed E-state index contributed by atoms with van der Waals surface area (Å²) in [5, 5.41) is 3.07. The molecule has 3 rings (SSSR count). The minimum absolute atomic E-state index is 0.0305. The Morgan fingerprint density at radius 3 is 2.55 bits per heavy atom. The van der Waals surface area contributed by atoms with Gasteiger partial charge in [0.25, 0.3) is 5.91 Å². The molecule has 1 unspecified atom stereocenters. The van der Waals surface area contributed by atoms with Crippen molar-refractivity contribution in [3.63, 3.8) is 0 Å². The molecule has 0 aliphatic carbocycles. The highest BCUT2D eigenvalue weighted by molar-refractivity contribution is 6.44. The van der Waals surface area contributed by atoms with Crippen molar-refractivity contribution >= 4 is 40.8 Å². The number of benzene rings is 2. The molecule has 0 saturated heterocycles. The lowest BCUT2D eigenvalue weighted by Gasteiger charge is -2.14. The Morgan fingerprint density at radius 1 is 1.03 bits per heavy atom. The van der Waals surface area contributed by atoms with Crippen LogP contribution in [0.5, 0.6) is 5.75 Å². The zero-order valence-corrected chi connectivity index (χ0v) is 16.9. The number of amides is 1. The predicted molar refractivity (Wildman–Crippen MR) is 109 cm³/mol. The summed E-state index contributed by atoms with van der Waals surface area (Å²) in [6.07, 6.45) is -1.08. The monoisotopic (exact) mass is 433 g/mol. The third kappa shape index (κ3) is 5.53.